The molecule has 0 amide bonds. The first kappa shape index (κ1) is 12.8. The van der Waals surface area contributed by atoms with E-state index in [1.165, 1.54) is 25.8 Å². The summed E-state index contributed by atoms with van der Waals surface area (Å²) in [7, 11) is 2.15. The molecule has 0 bridgehead atoms. The third-order valence-corrected chi connectivity index (χ3v) is 2.48. The van der Waals surface area contributed by atoms with Gasteiger partial charge in [-0.25, -0.2) is 0 Å². The van der Waals surface area contributed by atoms with Crippen molar-refractivity contribution in [3.05, 3.63) is 12.4 Å². The number of nitrogens with zero attached hydrogens (tertiary/aromatic N) is 2. The fourth-order valence-corrected chi connectivity index (χ4v) is 1.71. The predicted octanol–water partition coefficient (Wildman–Crippen LogP) is 2.82. The van der Waals surface area contributed by atoms with E-state index in [2.05, 4.69) is 43.1 Å². The van der Waals surface area contributed by atoms with Gasteiger partial charge >= 0.3 is 0 Å². The smallest absolute Gasteiger partial charge is 0.100 e. The van der Waals surface area contributed by atoms with Gasteiger partial charge in [-0.1, -0.05) is 20.3 Å². The topological polar surface area (TPSA) is 6.48 Å². The summed E-state index contributed by atoms with van der Waals surface area (Å²) in [5, 5.41) is 0. The highest BCUT2D eigenvalue weighted by Gasteiger charge is 2.20. The van der Waals surface area contributed by atoms with Gasteiger partial charge in [-0.15, -0.1) is 17.0 Å². The highest BCUT2D eigenvalue weighted by molar-refractivity contribution is 8.93. The maximum atomic E-state index is 2.43. The van der Waals surface area contributed by atoms with Gasteiger partial charge < -0.3 is 9.80 Å². The van der Waals surface area contributed by atoms with E-state index in [4.69, 9.17) is 0 Å². The summed E-state index contributed by atoms with van der Waals surface area (Å²) in [4.78, 5) is 4.72. The zero-order valence-electron chi connectivity index (χ0n) is 8.86. The van der Waals surface area contributed by atoms with Crippen LogP contribution in [0.1, 0.15) is 33.1 Å². The van der Waals surface area contributed by atoms with Crippen molar-refractivity contribution in [3.63, 3.8) is 0 Å². The molecule has 0 aromatic heterocycles. The Morgan fingerprint density at radius 2 is 1.92 bits per heavy atom. The van der Waals surface area contributed by atoms with Crippen LogP contribution in [0.2, 0.25) is 0 Å². The molecule has 0 aromatic rings. The van der Waals surface area contributed by atoms with E-state index in [0.717, 1.165) is 0 Å². The lowest BCUT2D eigenvalue weighted by atomic mass is 10.3. The molecular weight excluding hydrogens is 228 g/mol. The summed E-state index contributed by atoms with van der Waals surface area (Å²) in [5.74, 6) is 0. The van der Waals surface area contributed by atoms with Gasteiger partial charge in [-0.05, 0) is 12.8 Å². The van der Waals surface area contributed by atoms with Crippen LogP contribution in [0.25, 0.3) is 0 Å². The third-order valence-electron chi connectivity index (χ3n) is 2.48. The summed E-state index contributed by atoms with van der Waals surface area (Å²) in [5.41, 5.74) is 0. The first-order valence-electron chi connectivity index (χ1n) is 4.95. The largest absolute Gasteiger partial charge is 0.359 e. The van der Waals surface area contributed by atoms with Crippen molar-refractivity contribution in [2.24, 2.45) is 0 Å². The van der Waals surface area contributed by atoms with Crippen molar-refractivity contribution in [1.29, 1.82) is 0 Å². The molecule has 1 heterocycles. The molecule has 2 nitrogen and oxygen atoms in total. The number of hydrogen-bond acceptors (Lipinski definition) is 2. The molecule has 1 aliphatic rings. The standard InChI is InChI=1S/C10H20N2.BrH/c1-4-6-7-12-9-8-11(3)10(12)5-2;/h8-10H,4-7H2,1-3H3;1H. The van der Waals surface area contributed by atoms with E-state index in [1.807, 2.05) is 0 Å². The van der Waals surface area contributed by atoms with Gasteiger partial charge in [0.1, 0.15) is 6.17 Å². The van der Waals surface area contributed by atoms with Crippen LogP contribution >= 0.6 is 17.0 Å². The Kier molecular flexibility index (Phi) is 6.21. The molecule has 0 N–H and O–H groups in total. The quantitative estimate of drug-likeness (QED) is 0.756. The lowest BCUT2D eigenvalue weighted by molar-refractivity contribution is 0.169. The van der Waals surface area contributed by atoms with E-state index >= 15 is 0 Å². The van der Waals surface area contributed by atoms with Crippen LogP contribution < -0.4 is 0 Å². The van der Waals surface area contributed by atoms with Gasteiger partial charge in [0.15, 0.2) is 0 Å². The van der Waals surface area contributed by atoms with Gasteiger partial charge in [-0.2, -0.15) is 0 Å². The molecule has 1 aliphatic heterocycles. The minimum atomic E-state index is 0. The molecular formula is C10H21BrN2. The Labute approximate surface area is 92.4 Å². The first-order valence-corrected chi connectivity index (χ1v) is 4.95. The summed E-state index contributed by atoms with van der Waals surface area (Å²) < 4.78 is 0. The van der Waals surface area contributed by atoms with Crippen molar-refractivity contribution in [3.8, 4) is 0 Å². The van der Waals surface area contributed by atoms with Crippen molar-refractivity contribution in [1.82, 2.24) is 9.80 Å². The van der Waals surface area contributed by atoms with E-state index in [9.17, 15) is 0 Å². The summed E-state index contributed by atoms with van der Waals surface area (Å²) in [6, 6.07) is 0. The molecule has 3 heteroatoms. The van der Waals surface area contributed by atoms with E-state index in [0.29, 0.717) is 6.17 Å². The molecule has 1 atom stereocenters. The second-order valence-corrected chi connectivity index (χ2v) is 3.44. The van der Waals surface area contributed by atoms with Gasteiger partial charge in [0.25, 0.3) is 0 Å². The zero-order chi connectivity index (χ0) is 8.97. The van der Waals surface area contributed by atoms with Crippen molar-refractivity contribution in [2.75, 3.05) is 13.6 Å². The van der Waals surface area contributed by atoms with Crippen LogP contribution in [0, 0.1) is 0 Å². The molecule has 1 unspecified atom stereocenters. The Morgan fingerprint density at radius 3 is 2.46 bits per heavy atom. The molecule has 0 radical (unpaired) electrons. The number of rotatable bonds is 4. The molecule has 0 aromatic carbocycles. The van der Waals surface area contributed by atoms with Crippen LogP contribution in [0.5, 0.6) is 0 Å². The number of hydrogen-bond donors (Lipinski definition) is 0. The molecule has 0 aliphatic carbocycles. The van der Waals surface area contributed by atoms with Crippen molar-refractivity contribution < 1.29 is 0 Å². The Morgan fingerprint density at radius 1 is 1.23 bits per heavy atom. The highest BCUT2D eigenvalue weighted by atomic mass is 79.9. The van der Waals surface area contributed by atoms with Crippen LogP contribution in [0.3, 0.4) is 0 Å². The van der Waals surface area contributed by atoms with E-state index in [-0.39, 0.29) is 17.0 Å². The number of unbranched alkanes of at least 4 members (excludes halogenated alkanes) is 1. The maximum absolute atomic E-state index is 2.43. The molecule has 0 saturated carbocycles. The average molecular weight is 249 g/mol. The second kappa shape index (κ2) is 6.30. The van der Waals surface area contributed by atoms with Crippen molar-refractivity contribution in [2.45, 2.75) is 39.3 Å². The average Bonchev–Trinajstić information content (AvgIpc) is 2.43. The SMILES string of the molecule is Br.CCCCN1C=CN(C)C1CC. The molecule has 0 fully saturated rings. The van der Waals surface area contributed by atoms with Gasteiger partial charge in [0.2, 0.25) is 0 Å². The molecule has 0 spiro atoms. The summed E-state index contributed by atoms with van der Waals surface area (Å²) >= 11 is 0. The summed E-state index contributed by atoms with van der Waals surface area (Å²) in [6.07, 6.45) is 8.77. The molecule has 78 valence electrons. The van der Waals surface area contributed by atoms with Crippen LogP contribution in [-0.2, 0) is 0 Å². The Hall–Kier alpha value is -0.180. The number of halogens is 1. The van der Waals surface area contributed by atoms with Gasteiger partial charge in [-0.3, -0.25) is 0 Å². The maximum Gasteiger partial charge on any atom is 0.100 e. The minimum Gasteiger partial charge on any atom is -0.359 e. The van der Waals surface area contributed by atoms with Gasteiger partial charge in [0.05, 0.1) is 0 Å². The summed E-state index contributed by atoms with van der Waals surface area (Å²) in [6.45, 7) is 5.69. The fraction of sp³-hybridized carbons (Fsp3) is 0.800. The van der Waals surface area contributed by atoms with E-state index in [1.54, 1.807) is 0 Å². The molecule has 1 rings (SSSR count). The van der Waals surface area contributed by atoms with Crippen LogP contribution in [0.15, 0.2) is 12.4 Å². The zero-order valence-corrected chi connectivity index (χ0v) is 10.6. The lowest BCUT2D eigenvalue weighted by Gasteiger charge is -2.29. The predicted molar refractivity (Wildman–Crippen MR) is 62.9 cm³/mol. The highest BCUT2D eigenvalue weighted by Crippen LogP contribution is 2.16. The van der Waals surface area contributed by atoms with Crippen molar-refractivity contribution >= 4 is 17.0 Å². The van der Waals surface area contributed by atoms with E-state index < -0.39 is 0 Å². The molecule has 0 saturated heterocycles. The Bertz CT molecular complexity index is 159. The third kappa shape index (κ3) is 3.22. The fourth-order valence-electron chi connectivity index (χ4n) is 1.71. The van der Waals surface area contributed by atoms with Gasteiger partial charge in [0, 0.05) is 26.0 Å². The lowest BCUT2D eigenvalue weighted by Crippen LogP contribution is -2.36. The minimum absolute atomic E-state index is 0. The normalized spacial score (nSPS) is 20.7. The monoisotopic (exact) mass is 248 g/mol. The Balaban J connectivity index is 0.00000144. The first-order chi connectivity index (χ1) is 5.79. The van der Waals surface area contributed by atoms with Crippen LogP contribution in [-0.4, -0.2) is 29.6 Å². The van der Waals surface area contributed by atoms with Crippen LogP contribution in [0.4, 0.5) is 0 Å². The second-order valence-electron chi connectivity index (χ2n) is 3.44. The molecule has 13 heavy (non-hydrogen) atoms.